The van der Waals surface area contributed by atoms with Gasteiger partial charge in [0.15, 0.2) is 5.69 Å². The molecule has 132 valence electrons. The Labute approximate surface area is 145 Å². The van der Waals surface area contributed by atoms with Crippen LogP contribution in [0.25, 0.3) is 5.69 Å². The third kappa shape index (κ3) is 4.16. The summed E-state index contributed by atoms with van der Waals surface area (Å²) in [5.74, 6) is -0.448. The monoisotopic (exact) mass is 344 g/mol. The molecule has 1 fully saturated rings. The number of hydrogen-bond acceptors (Lipinski definition) is 5. The number of rotatable bonds is 4. The molecule has 0 aliphatic carbocycles. The average molecular weight is 344 g/mol. The van der Waals surface area contributed by atoms with Gasteiger partial charge < -0.3 is 19.7 Å². The summed E-state index contributed by atoms with van der Waals surface area (Å²) in [7, 11) is 0. The van der Waals surface area contributed by atoms with Gasteiger partial charge in [0.2, 0.25) is 0 Å². The second kappa shape index (κ2) is 7.80. The summed E-state index contributed by atoms with van der Waals surface area (Å²) in [6, 6.07) is 8.68. The second-order valence-corrected chi connectivity index (χ2v) is 5.44. The summed E-state index contributed by atoms with van der Waals surface area (Å²) in [5, 5.41) is 7.05. The molecule has 1 aromatic carbocycles. The van der Waals surface area contributed by atoms with E-state index >= 15 is 0 Å². The maximum Gasteiger partial charge on any atom is 0.358 e. The fraction of sp³-hybridized carbons (Fsp3) is 0.353. The van der Waals surface area contributed by atoms with E-state index in [4.69, 9.17) is 9.47 Å². The van der Waals surface area contributed by atoms with E-state index in [1.165, 1.54) is 0 Å². The molecule has 1 aromatic heterocycles. The Morgan fingerprint density at radius 1 is 1.20 bits per heavy atom. The van der Waals surface area contributed by atoms with Gasteiger partial charge in [-0.25, -0.2) is 14.3 Å². The van der Waals surface area contributed by atoms with Crippen LogP contribution in [-0.2, 0) is 9.47 Å². The van der Waals surface area contributed by atoms with Crippen molar-refractivity contribution in [3.8, 4) is 5.69 Å². The number of carbonyl (C=O) groups excluding carboxylic acids is 2. The fourth-order valence-corrected chi connectivity index (χ4v) is 2.45. The normalized spacial score (nSPS) is 14.2. The minimum Gasteiger partial charge on any atom is -0.461 e. The van der Waals surface area contributed by atoms with E-state index in [1.807, 2.05) is 12.1 Å². The lowest BCUT2D eigenvalue weighted by Gasteiger charge is -2.26. The highest BCUT2D eigenvalue weighted by molar-refractivity contribution is 5.89. The van der Waals surface area contributed by atoms with E-state index in [-0.39, 0.29) is 11.7 Å². The number of hydrogen-bond donors (Lipinski definition) is 1. The van der Waals surface area contributed by atoms with E-state index < -0.39 is 5.97 Å². The van der Waals surface area contributed by atoms with Crippen LogP contribution in [0.1, 0.15) is 17.4 Å². The molecule has 1 aliphatic heterocycles. The first-order chi connectivity index (χ1) is 12.2. The average Bonchev–Trinajstić information content (AvgIpc) is 3.13. The quantitative estimate of drug-likeness (QED) is 0.857. The van der Waals surface area contributed by atoms with Crippen LogP contribution in [0.3, 0.4) is 0 Å². The standard InChI is InChI=1S/C17H20N4O4/c1-2-25-16(22)15-7-8-21(19-15)14-5-3-13(4-6-14)18-17(23)20-9-11-24-12-10-20/h3-8H,2,9-12H2,1H3,(H,18,23). The van der Waals surface area contributed by atoms with Gasteiger partial charge >= 0.3 is 12.0 Å². The Balaban J connectivity index is 1.64. The minimum absolute atomic E-state index is 0.139. The number of nitrogens with one attached hydrogen (secondary N) is 1. The zero-order valence-corrected chi connectivity index (χ0v) is 14.0. The first-order valence-corrected chi connectivity index (χ1v) is 8.14. The Kier molecular flexibility index (Phi) is 5.30. The lowest BCUT2D eigenvalue weighted by atomic mass is 10.3. The summed E-state index contributed by atoms with van der Waals surface area (Å²) in [6.07, 6.45) is 1.69. The van der Waals surface area contributed by atoms with Crippen molar-refractivity contribution in [2.75, 3.05) is 38.2 Å². The predicted molar refractivity (Wildman–Crippen MR) is 90.9 cm³/mol. The molecule has 1 aliphatic rings. The van der Waals surface area contributed by atoms with E-state index in [0.717, 1.165) is 5.69 Å². The van der Waals surface area contributed by atoms with Gasteiger partial charge in [-0.15, -0.1) is 0 Å². The van der Waals surface area contributed by atoms with Gasteiger partial charge in [0, 0.05) is 25.0 Å². The molecule has 0 saturated carbocycles. The van der Waals surface area contributed by atoms with Gasteiger partial charge in [-0.3, -0.25) is 0 Å². The number of urea groups is 1. The predicted octanol–water partition coefficient (Wildman–Crippen LogP) is 1.91. The largest absolute Gasteiger partial charge is 0.461 e. The molecule has 1 N–H and O–H groups in total. The number of amides is 2. The van der Waals surface area contributed by atoms with Crippen molar-refractivity contribution in [3.63, 3.8) is 0 Å². The van der Waals surface area contributed by atoms with Gasteiger partial charge in [0.25, 0.3) is 0 Å². The number of ether oxygens (including phenoxy) is 2. The van der Waals surface area contributed by atoms with Gasteiger partial charge in [-0.05, 0) is 37.3 Å². The molecule has 3 rings (SSSR count). The maximum atomic E-state index is 12.2. The molecule has 0 radical (unpaired) electrons. The molecular formula is C17H20N4O4. The molecular weight excluding hydrogens is 324 g/mol. The van der Waals surface area contributed by atoms with Crippen LogP contribution in [0.2, 0.25) is 0 Å². The van der Waals surface area contributed by atoms with Gasteiger partial charge in [0.1, 0.15) is 0 Å². The highest BCUT2D eigenvalue weighted by Crippen LogP contribution is 2.14. The van der Waals surface area contributed by atoms with Crippen LogP contribution in [0, 0.1) is 0 Å². The number of esters is 1. The number of benzene rings is 1. The van der Waals surface area contributed by atoms with E-state index in [0.29, 0.717) is 38.6 Å². The van der Waals surface area contributed by atoms with Gasteiger partial charge in [-0.1, -0.05) is 0 Å². The SMILES string of the molecule is CCOC(=O)c1ccn(-c2ccc(NC(=O)N3CCOCC3)cc2)n1. The zero-order valence-electron chi connectivity index (χ0n) is 14.0. The molecule has 8 heteroatoms. The first-order valence-electron chi connectivity index (χ1n) is 8.14. The molecule has 8 nitrogen and oxygen atoms in total. The van der Waals surface area contributed by atoms with Crippen LogP contribution >= 0.6 is 0 Å². The van der Waals surface area contributed by atoms with Gasteiger partial charge in [-0.2, -0.15) is 5.10 Å². The molecule has 2 amide bonds. The molecule has 0 spiro atoms. The van der Waals surface area contributed by atoms with Crippen molar-refractivity contribution in [2.24, 2.45) is 0 Å². The third-order valence-electron chi connectivity index (χ3n) is 3.76. The molecule has 0 atom stereocenters. The van der Waals surface area contributed by atoms with Crippen LogP contribution in [0.15, 0.2) is 36.5 Å². The Hall–Kier alpha value is -2.87. The number of morpholine rings is 1. The fourth-order valence-electron chi connectivity index (χ4n) is 2.45. The van der Waals surface area contributed by atoms with Crippen molar-refractivity contribution in [3.05, 3.63) is 42.2 Å². The smallest absolute Gasteiger partial charge is 0.358 e. The van der Waals surface area contributed by atoms with E-state index in [9.17, 15) is 9.59 Å². The van der Waals surface area contributed by atoms with E-state index in [2.05, 4.69) is 10.4 Å². The lowest BCUT2D eigenvalue weighted by Crippen LogP contribution is -2.43. The van der Waals surface area contributed by atoms with Crippen molar-refractivity contribution < 1.29 is 19.1 Å². The summed E-state index contributed by atoms with van der Waals surface area (Å²) in [5.41, 5.74) is 1.73. The highest BCUT2D eigenvalue weighted by Gasteiger charge is 2.16. The second-order valence-electron chi connectivity index (χ2n) is 5.44. The molecule has 0 bridgehead atoms. The first kappa shape index (κ1) is 17.0. The number of aromatic nitrogens is 2. The highest BCUT2D eigenvalue weighted by atomic mass is 16.5. The van der Waals surface area contributed by atoms with Crippen LogP contribution in [-0.4, -0.2) is 59.6 Å². The Bertz CT molecular complexity index is 735. The van der Waals surface area contributed by atoms with Crippen molar-refractivity contribution in [1.82, 2.24) is 14.7 Å². The molecule has 25 heavy (non-hydrogen) atoms. The summed E-state index contributed by atoms with van der Waals surface area (Å²) < 4.78 is 11.7. The Morgan fingerprint density at radius 3 is 2.60 bits per heavy atom. The van der Waals surface area contributed by atoms with Gasteiger partial charge in [0.05, 0.1) is 25.5 Å². The summed E-state index contributed by atoms with van der Waals surface area (Å²) in [6.45, 7) is 4.37. The van der Waals surface area contributed by atoms with Crippen LogP contribution in [0.4, 0.5) is 10.5 Å². The summed E-state index contributed by atoms with van der Waals surface area (Å²) >= 11 is 0. The van der Waals surface area contributed by atoms with E-state index in [1.54, 1.807) is 40.9 Å². The van der Waals surface area contributed by atoms with Crippen LogP contribution in [0.5, 0.6) is 0 Å². The van der Waals surface area contributed by atoms with Crippen molar-refractivity contribution in [2.45, 2.75) is 6.92 Å². The molecule has 2 aromatic rings. The maximum absolute atomic E-state index is 12.2. The summed E-state index contributed by atoms with van der Waals surface area (Å²) in [4.78, 5) is 25.5. The van der Waals surface area contributed by atoms with Crippen molar-refractivity contribution >= 4 is 17.7 Å². The number of anilines is 1. The number of nitrogens with zero attached hydrogens (tertiary/aromatic N) is 3. The molecule has 0 unspecified atom stereocenters. The topological polar surface area (TPSA) is 85.7 Å². The Morgan fingerprint density at radius 2 is 1.92 bits per heavy atom. The van der Waals surface area contributed by atoms with Crippen LogP contribution < -0.4 is 5.32 Å². The van der Waals surface area contributed by atoms with Crippen molar-refractivity contribution in [1.29, 1.82) is 0 Å². The minimum atomic E-state index is -0.448. The molecule has 2 heterocycles. The third-order valence-corrected chi connectivity index (χ3v) is 3.76. The lowest BCUT2D eigenvalue weighted by molar-refractivity contribution is 0.0519. The number of carbonyl (C=O) groups is 2. The molecule has 1 saturated heterocycles. The zero-order chi connectivity index (χ0) is 17.6.